The summed E-state index contributed by atoms with van der Waals surface area (Å²) in [6.07, 6.45) is 3.91. The van der Waals surface area contributed by atoms with Crippen molar-refractivity contribution in [3.05, 3.63) is 137 Å². The molecule has 5 aromatic rings. The topological polar surface area (TPSA) is 42.3 Å². The van der Waals surface area contributed by atoms with Gasteiger partial charge in [0.05, 0.1) is 11.7 Å². The molecule has 0 spiro atoms. The number of aromatic nitrogens is 2. The van der Waals surface area contributed by atoms with Crippen molar-refractivity contribution in [3.8, 4) is 17.2 Å². The van der Waals surface area contributed by atoms with Gasteiger partial charge in [0.15, 0.2) is 5.11 Å². The predicted octanol–water partition coefficient (Wildman–Crippen LogP) is 7.91. The van der Waals surface area contributed by atoms with E-state index in [0.717, 1.165) is 44.3 Å². The van der Waals surface area contributed by atoms with Crippen molar-refractivity contribution in [2.75, 3.05) is 4.90 Å². The molecule has 1 aliphatic rings. The number of nitrogens with zero attached hydrogens (tertiary/aromatic N) is 3. The number of thiocarbonyl (C=S) groups is 1. The highest BCUT2D eigenvalue weighted by atomic mass is 79.9. The molecular weight excluding hydrogens is 556 g/mol. The number of rotatable bonds is 6. The zero-order valence-corrected chi connectivity index (χ0v) is 23.1. The molecule has 1 fully saturated rings. The number of nitrogens with one attached hydrogen (secondary N) is 1. The van der Waals surface area contributed by atoms with Gasteiger partial charge in [0, 0.05) is 33.9 Å². The van der Waals surface area contributed by atoms with E-state index < -0.39 is 0 Å². The van der Waals surface area contributed by atoms with E-state index in [9.17, 15) is 0 Å². The molecule has 3 aromatic carbocycles. The summed E-state index contributed by atoms with van der Waals surface area (Å²) < 4.78 is 9.40. The third-order valence-electron chi connectivity index (χ3n) is 6.72. The van der Waals surface area contributed by atoms with Crippen molar-refractivity contribution in [2.45, 2.75) is 19.0 Å². The number of benzene rings is 3. The van der Waals surface area contributed by atoms with Crippen molar-refractivity contribution in [2.24, 2.45) is 0 Å². The van der Waals surface area contributed by atoms with E-state index in [0.29, 0.717) is 5.11 Å². The van der Waals surface area contributed by atoms with Gasteiger partial charge >= 0.3 is 0 Å². The van der Waals surface area contributed by atoms with Crippen molar-refractivity contribution in [1.82, 2.24) is 14.9 Å². The van der Waals surface area contributed by atoms with Crippen LogP contribution in [0.2, 0.25) is 0 Å². The Labute approximate surface area is 235 Å². The van der Waals surface area contributed by atoms with E-state index in [1.807, 2.05) is 67.7 Å². The molecule has 3 heterocycles. The van der Waals surface area contributed by atoms with Crippen LogP contribution in [-0.2, 0) is 0 Å². The van der Waals surface area contributed by atoms with Crippen LogP contribution < -0.4 is 15.0 Å². The molecule has 6 rings (SSSR count). The quantitative estimate of drug-likeness (QED) is 0.207. The summed E-state index contributed by atoms with van der Waals surface area (Å²) in [5, 5.41) is 4.20. The van der Waals surface area contributed by atoms with Crippen LogP contribution in [0.3, 0.4) is 0 Å². The van der Waals surface area contributed by atoms with E-state index in [-0.39, 0.29) is 12.1 Å². The third-order valence-corrected chi connectivity index (χ3v) is 7.57. The van der Waals surface area contributed by atoms with Gasteiger partial charge in [-0.3, -0.25) is 4.98 Å². The number of pyridine rings is 1. The Morgan fingerprint density at radius 1 is 0.842 bits per heavy atom. The van der Waals surface area contributed by atoms with Crippen LogP contribution in [0.1, 0.15) is 29.0 Å². The highest BCUT2D eigenvalue weighted by molar-refractivity contribution is 9.10. The molecule has 0 amide bonds. The van der Waals surface area contributed by atoms with Crippen LogP contribution in [0.4, 0.5) is 5.69 Å². The van der Waals surface area contributed by atoms with Gasteiger partial charge in [0.2, 0.25) is 0 Å². The van der Waals surface area contributed by atoms with Crippen LogP contribution >= 0.6 is 28.1 Å². The second-order valence-corrected chi connectivity index (χ2v) is 10.4. The molecule has 2 atom stereocenters. The fraction of sp³-hybridized carbons (Fsp3) is 0.0968. The molecule has 1 N–H and O–H groups in total. The first-order valence-electron chi connectivity index (χ1n) is 12.4. The average Bonchev–Trinajstić information content (AvgIpc) is 3.56. The number of hydrogen-bond donors (Lipinski definition) is 1. The Hall–Kier alpha value is -3.94. The summed E-state index contributed by atoms with van der Waals surface area (Å²) in [5.74, 6) is 1.62. The summed E-state index contributed by atoms with van der Waals surface area (Å²) in [6, 6.07) is 34.4. The lowest BCUT2D eigenvalue weighted by Gasteiger charge is -2.29. The summed E-state index contributed by atoms with van der Waals surface area (Å²) in [4.78, 5) is 6.86. The van der Waals surface area contributed by atoms with Crippen LogP contribution in [-0.4, -0.2) is 14.7 Å². The molecule has 0 unspecified atom stereocenters. The van der Waals surface area contributed by atoms with Crippen molar-refractivity contribution >= 4 is 38.9 Å². The lowest BCUT2D eigenvalue weighted by Crippen LogP contribution is -2.30. The second kappa shape index (κ2) is 10.4. The zero-order valence-electron chi connectivity index (χ0n) is 20.7. The molecule has 1 saturated heterocycles. The lowest BCUT2D eigenvalue weighted by molar-refractivity contribution is 0.479. The van der Waals surface area contributed by atoms with Gasteiger partial charge in [-0.1, -0.05) is 40.2 Å². The fourth-order valence-electron chi connectivity index (χ4n) is 4.88. The summed E-state index contributed by atoms with van der Waals surface area (Å²) in [5.41, 5.74) is 5.19. The normalized spacial score (nSPS) is 16.9. The molecule has 0 radical (unpaired) electrons. The van der Waals surface area contributed by atoms with Gasteiger partial charge in [-0.25, -0.2) is 0 Å². The number of aryl methyl sites for hydroxylation is 1. The van der Waals surface area contributed by atoms with Crippen molar-refractivity contribution in [3.63, 3.8) is 0 Å². The first-order chi connectivity index (χ1) is 18.6. The fourth-order valence-corrected chi connectivity index (χ4v) is 5.49. The highest BCUT2D eigenvalue weighted by Gasteiger charge is 2.42. The first kappa shape index (κ1) is 24.4. The number of anilines is 1. The molecule has 1 aliphatic heterocycles. The summed E-state index contributed by atoms with van der Waals surface area (Å²) >= 11 is 9.47. The van der Waals surface area contributed by atoms with E-state index >= 15 is 0 Å². The standard InChI is InChI=1S/C31H25BrN4OS/c1-21-7-2-3-10-28(21)37-25-17-15-24(16-18-25)36-30(29(34-31(36)38)26-8-4-5-19-33-26)27-9-6-20-35(27)23-13-11-22(32)12-14-23/h2-20,29-30H,1H3,(H,34,38)/t29-,30+/m1/s1. The molecule has 5 nitrogen and oxygen atoms in total. The van der Waals surface area contributed by atoms with Gasteiger partial charge < -0.3 is 19.5 Å². The number of para-hydroxylation sites is 1. The third kappa shape index (κ3) is 4.71. The molecule has 0 aliphatic carbocycles. The maximum absolute atomic E-state index is 6.14. The van der Waals surface area contributed by atoms with Gasteiger partial charge in [0.1, 0.15) is 17.5 Å². The monoisotopic (exact) mass is 580 g/mol. The van der Waals surface area contributed by atoms with Crippen molar-refractivity contribution < 1.29 is 4.74 Å². The van der Waals surface area contributed by atoms with Crippen molar-refractivity contribution in [1.29, 1.82) is 0 Å². The second-order valence-electron chi connectivity index (χ2n) is 9.14. The Kier molecular flexibility index (Phi) is 6.70. The maximum Gasteiger partial charge on any atom is 0.174 e. The maximum atomic E-state index is 6.14. The molecule has 2 aromatic heterocycles. The Bertz CT molecular complexity index is 1570. The van der Waals surface area contributed by atoms with Crippen LogP contribution in [0.15, 0.2) is 120 Å². The van der Waals surface area contributed by atoms with E-state index in [2.05, 4.69) is 90.4 Å². The van der Waals surface area contributed by atoms with Crippen LogP contribution in [0.5, 0.6) is 11.5 Å². The molecule has 38 heavy (non-hydrogen) atoms. The smallest absolute Gasteiger partial charge is 0.174 e. The minimum Gasteiger partial charge on any atom is -0.457 e. The summed E-state index contributed by atoms with van der Waals surface area (Å²) in [7, 11) is 0. The minimum atomic E-state index is -0.129. The molecule has 7 heteroatoms. The largest absolute Gasteiger partial charge is 0.457 e. The average molecular weight is 582 g/mol. The van der Waals surface area contributed by atoms with Gasteiger partial charge in [-0.15, -0.1) is 0 Å². The molecule has 0 saturated carbocycles. The number of ether oxygens (including phenoxy) is 1. The van der Waals surface area contributed by atoms with Gasteiger partial charge in [0.25, 0.3) is 0 Å². The highest BCUT2D eigenvalue weighted by Crippen LogP contribution is 2.42. The van der Waals surface area contributed by atoms with E-state index in [1.165, 1.54) is 0 Å². The Balaban J connectivity index is 1.40. The molecule has 0 bridgehead atoms. The SMILES string of the molecule is Cc1ccccc1Oc1ccc(N2C(=S)N[C@H](c3ccccn3)[C@@H]2c2cccn2-c2ccc(Br)cc2)cc1. The Morgan fingerprint density at radius 2 is 1.58 bits per heavy atom. The zero-order chi connectivity index (χ0) is 26.1. The molecule has 188 valence electrons. The Morgan fingerprint density at radius 3 is 2.32 bits per heavy atom. The molecular formula is C31H25BrN4OS. The van der Waals surface area contributed by atoms with Gasteiger partial charge in [-0.05, 0) is 104 Å². The number of halogens is 1. The lowest BCUT2D eigenvalue weighted by atomic mass is 10.0. The first-order valence-corrected chi connectivity index (χ1v) is 13.6. The van der Waals surface area contributed by atoms with Crippen LogP contribution in [0, 0.1) is 6.92 Å². The van der Waals surface area contributed by atoms with Crippen LogP contribution in [0.25, 0.3) is 5.69 Å². The number of hydrogen-bond acceptors (Lipinski definition) is 3. The summed E-state index contributed by atoms with van der Waals surface area (Å²) in [6.45, 7) is 2.04. The van der Waals surface area contributed by atoms with E-state index in [4.69, 9.17) is 17.0 Å². The minimum absolute atomic E-state index is 0.126. The van der Waals surface area contributed by atoms with E-state index in [1.54, 1.807) is 0 Å². The predicted molar refractivity (Wildman–Crippen MR) is 159 cm³/mol. The van der Waals surface area contributed by atoms with Gasteiger partial charge in [-0.2, -0.15) is 0 Å².